The normalized spacial score (nSPS) is 9.81. The zero-order chi connectivity index (χ0) is 19.4. The molecule has 0 fully saturated rings. The fourth-order valence-corrected chi connectivity index (χ4v) is 4.16. The van der Waals surface area contributed by atoms with E-state index in [0.717, 1.165) is 21.3 Å². The lowest BCUT2D eigenvalue weighted by Gasteiger charge is -2.01. The van der Waals surface area contributed by atoms with Crippen LogP contribution in [0.2, 0.25) is 0 Å². The number of ether oxygens (including phenoxy) is 2. The van der Waals surface area contributed by atoms with E-state index in [1.165, 1.54) is 4.88 Å². The van der Waals surface area contributed by atoms with Gasteiger partial charge in [0.15, 0.2) is 0 Å². The molecular formula is C19H23BrO4S2. The summed E-state index contributed by atoms with van der Waals surface area (Å²) < 4.78 is 10.7. The number of thiophene rings is 2. The zero-order valence-electron chi connectivity index (χ0n) is 15.0. The van der Waals surface area contributed by atoms with Gasteiger partial charge in [-0.2, -0.15) is 0 Å². The predicted octanol–water partition coefficient (Wildman–Crippen LogP) is 5.20. The molecule has 0 amide bonds. The minimum Gasteiger partial charge on any atom is -0.466 e. The highest BCUT2D eigenvalue weighted by atomic mass is 79.9. The molecule has 7 heteroatoms. The maximum absolute atomic E-state index is 11.2. The lowest BCUT2D eigenvalue weighted by atomic mass is 10.1. The number of hydrogen-bond donors (Lipinski definition) is 0. The van der Waals surface area contributed by atoms with Crippen LogP contribution in [0.3, 0.4) is 0 Å². The summed E-state index contributed by atoms with van der Waals surface area (Å²) in [6.07, 6.45) is 3.41. The number of carbonyl (C=O) groups is 2. The molecule has 4 nitrogen and oxygen atoms in total. The molecule has 0 saturated heterocycles. The summed E-state index contributed by atoms with van der Waals surface area (Å²) >= 11 is 6.59. The summed E-state index contributed by atoms with van der Waals surface area (Å²) in [5.41, 5.74) is 2.06. The van der Waals surface area contributed by atoms with Crippen LogP contribution in [0.15, 0.2) is 39.3 Å². The lowest BCUT2D eigenvalue weighted by Crippen LogP contribution is -2.07. The van der Waals surface area contributed by atoms with Crippen LogP contribution in [0.25, 0.3) is 0 Å². The van der Waals surface area contributed by atoms with Crippen LogP contribution in [0.5, 0.6) is 0 Å². The van der Waals surface area contributed by atoms with Gasteiger partial charge in [0.25, 0.3) is 0 Å². The Balaban J connectivity index is 0.000000263. The molecular weight excluding hydrogens is 436 g/mol. The van der Waals surface area contributed by atoms with Gasteiger partial charge < -0.3 is 9.47 Å². The Kier molecular flexibility index (Phi) is 11.2. The second kappa shape index (κ2) is 12.8. The Morgan fingerprint density at radius 3 is 2.08 bits per heavy atom. The van der Waals surface area contributed by atoms with Crippen LogP contribution in [0, 0.1) is 0 Å². The Labute approximate surface area is 171 Å². The smallest absolute Gasteiger partial charge is 0.310 e. The minimum atomic E-state index is -0.170. The Hall–Kier alpha value is -1.44. The number of allylic oxidation sites excluding steroid dienone is 1. The molecule has 0 atom stereocenters. The summed E-state index contributed by atoms with van der Waals surface area (Å²) in [7, 11) is 0. The summed E-state index contributed by atoms with van der Waals surface area (Å²) in [4.78, 5) is 23.4. The average Bonchev–Trinajstić information content (AvgIpc) is 3.19. The number of halogens is 1. The second-order valence-corrected chi connectivity index (χ2v) is 8.28. The van der Waals surface area contributed by atoms with Gasteiger partial charge in [-0.1, -0.05) is 6.08 Å². The standard InChI is InChI=1S/C11H14O2S.C8H9BrO2S/c1-3-5-10-9(6-7-14-10)8-11(12)13-4-2;1-2-11-7(10)5-6-3-4-12-8(6)9/h3,6-7H,1,4-5,8H2,2H3;3-4H,2,5H2,1H3. The molecule has 26 heavy (non-hydrogen) atoms. The van der Waals surface area contributed by atoms with Gasteiger partial charge in [0.2, 0.25) is 0 Å². The molecule has 0 N–H and O–H groups in total. The predicted molar refractivity (Wildman–Crippen MR) is 111 cm³/mol. The Morgan fingerprint density at radius 1 is 1.04 bits per heavy atom. The van der Waals surface area contributed by atoms with Gasteiger partial charge in [-0.15, -0.1) is 29.3 Å². The number of hydrogen-bond acceptors (Lipinski definition) is 6. The maximum Gasteiger partial charge on any atom is 0.310 e. The first-order valence-corrected chi connectivity index (χ1v) is 10.8. The van der Waals surface area contributed by atoms with Crippen LogP contribution in [0.1, 0.15) is 29.9 Å². The van der Waals surface area contributed by atoms with Gasteiger partial charge in [0, 0.05) is 4.88 Å². The molecule has 0 aliphatic rings. The molecule has 2 heterocycles. The topological polar surface area (TPSA) is 52.6 Å². The van der Waals surface area contributed by atoms with E-state index in [0.29, 0.717) is 26.1 Å². The molecule has 0 unspecified atom stereocenters. The number of rotatable bonds is 8. The summed E-state index contributed by atoms with van der Waals surface area (Å²) in [6, 6.07) is 3.89. The van der Waals surface area contributed by atoms with Gasteiger partial charge in [0.05, 0.1) is 29.8 Å². The third kappa shape index (κ3) is 8.29. The van der Waals surface area contributed by atoms with Crippen molar-refractivity contribution in [2.24, 2.45) is 0 Å². The summed E-state index contributed by atoms with van der Waals surface area (Å²) in [5.74, 6) is -0.326. The highest BCUT2D eigenvalue weighted by Crippen LogP contribution is 2.23. The largest absolute Gasteiger partial charge is 0.466 e. The first kappa shape index (κ1) is 22.6. The van der Waals surface area contributed by atoms with Crippen LogP contribution < -0.4 is 0 Å². The van der Waals surface area contributed by atoms with Crippen molar-refractivity contribution < 1.29 is 19.1 Å². The summed E-state index contributed by atoms with van der Waals surface area (Å²) in [6.45, 7) is 8.19. The van der Waals surface area contributed by atoms with Crippen LogP contribution in [0.4, 0.5) is 0 Å². The lowest BCUT2D eigenvalue weighted by molar-refractivity contribution is -0.143. The maximum atomic E-state index is 11.2. The van der Waals surface area contributed by atoms with E-state index in [1.54, 1.807) is 29.6 Å². The molecule has 0 spiro atoms. The molecule has 0 saturated carbocycles. The fraction of sp³-hybridized carbons (Fsp3) is 0.368. The first-order chi connectivity index (χ1) is 12.5. The monoisotopic (exact) mass is 458 g/mol. The van der Waals surface area contributed by atoms with E-state index >= 15 is 0 Å². The third-order valence-electron chi connectivity index (χ3n) is 3.14. The van der Waals surface area contributed by atoms with Crippen molar-refractivity contribution in [3.05, 3.63) is 55.3 Å². The minimum absolute atomic E-state index is 0.156. The van der Waals surface area contributed by atoms with Gasteiger partial charge >= 0.3 is 11.9 Å². The third-order valence-corrected chi connectivity index (χ3v) is 5.94. The SMILES string of the molecule is C=CCc1sccc1CC(=O)OCC.CCOC(=O)Cc1ccsc1Br. The first-order valence-electron chi connectivity index (χ1n) is 8.20. The van der Waals surface area contributed by atoms with Crippen molar-refractivity contribution in [2.45, 2.75) is 33.1 Å². The molecule has 0 radical (unpaired) electrons. The molecule has 2 aromatic heterocycles. The van der Waals surface area contributed by atoms with E-state index in [2.05, 4.69) is 22.5 Å². The van der Waals surface area contributed by atoms with Crippen molar-refractivity contribution in [2.75, 3.05) is 13.2 Å². The average molecular weight is 459 g/mol. The van der Waals surface area contributed by atoms with Crippen molar-refractivity contribution in [3.63, 3.8) is 0 Å². The van der Waals surface area contributed by atoms with Gasteiger partial charge in [-0.3, -0.25) is 9.59 Å². The number of carbonyl (C=O) groups excluding carboxylic acids is 2. The van der Waals surface area contributed by atoms with Crippen LogP contribution in [-0.2, 0) is 38.3 Å². The highest BCUT2D eigenvalue weighted by Gasteiger charge is 2.09. The molecule has 2 rings (SSSR count). The van der Waals surface area contributed by atoms with E-state index in [-0.39, 0.29) is 11.9 Å². The molecule has 0 bridgehead atoms. The van der Waals surface area contributed by atoms with Crippen LogP contribution >= 0.6 is 38.6 Å². The Morgan fingerprint density at radius 2 is 1.58 bits per heavy atom. The fourth-order valence-electron chi connectivity index (χ4n) is 2.02. The van der Waals surface area contributed by atoms with Crippen molar-refractivity contribution in [3.8, 4) is 0 Å². The Bertz CT molecular complexity index is 706. The van der Waals surface area contributed by atoms with Crippen molar-refractivity contribution >= 4 is 50.5 Å². The van der Waals surface area contributed by atoms with E-state index < -0.39 is 0 Å². The number of esters is 2. The highest BCUT2D eigenvalue weighted by molar-refractivity contribution is 9.11. The van der Waals surface area contributed by atoms with Crippen molar-refractivity contribution in [1.82, 2.24) is 0 Å². The van der Waals surface area contributed by atoms with Gasteiger partial charge in [-0.25, -0.2) is 0 Å². The molecule has 0 aliphatic carbocycles. The second-order valence-electron chi connectivity index (χ2n) is 5.04. The summed E-state index contributed by atoms with van der Waals surface area (Å²) in [5, 5.41) is 3.94. The molecule has 142 valence electrons. The molecule has 2 aromatic rings. The van der Waals surface area contributed by atoms with E-state index in [1.807, 2.05) is 35.9 Å². The van der Waals surface area contributed by atoms with E-state index in [9.17, 15) is 9.59 Å². The van der Waals surface area contributed by atoms with Gasteiger partial charge in [-0.05, 0) is 70.2 Å². The van der Waals surface area contributed by atoms with Crippen LogP contribution in [-0.4, -0.2) is 25.2 Å². The molecule has 0 aromatic carbocycles. The quantitative estimate of drug-likeness (QED) is 0.402. The zero-order valence-corrected chi connectivity index (χ0v) is 18.2. The molecule has 0 aliphatic heterocycles. The van der Waals surface area contributed by atoms with Crippen molar-refractivity contribution in [1.29, 1.82) is 0 Å². The van der Waals surface area contributed by atoms with E-state index in [4.69, 9.17) is 9.47 Å². The van der Waals surface area contributed by atoms with Gasteiger partial charge in [0.1, 0.15) is 0 Å².